The number of nitrogen functional groups attached to an aromatic ring is 1. The van der Waals surface area contributed by atoms with E-state index >= 15 is 0 Å². The molecule has 0 aromatic carbocycles. The number of aryl methyl sites for hydroxylation is 2. The average Bonchev–Trinajstić information content (AvgIpc) is 2.75. The summed E-state index contributed by atoms with van der Waals surface area (Å²) in [4.78, 5) is 7.93. The van der Waals surface area contributed by atoms with Crippen molar-refractivity contribution in [2.45, 2.75) is 38.8 Å². The second-order valence-electron chi connectivity index (χ2n) is 5.12. The van der Waals surface area contributed by atoms with Crippen LogP contribution in [-0.4, -0.2) is 19.7 Å². The lowest BCUT2D eigenvalue weighted by molar-refractivity contribution is -0.142. The van der Waals surface area contributed by atoms with Crippen molar-refractivity contribution in [2.24, 2.45) is 0 Å². The van der Waals surface area contributed by atoms with Crippen molar-refractivity contribution in [1.82, 2.24) is 19.7 Å². The average molecular weight is 297 g/mol. The Bertz CT molecular complexity index is 690. The predicted octanol–water partition coefficient (Wildman–Crippen LogP) is 2.45. The predicted molar refractivity (Wildman–Crippen MR) is 69.9 cm³/mol. The summed E-state index contributed by atoms with van der Waals surface area (Å²) in [6, 6.07) is 1.57. The minimum Gasteiger partial charge on any atom is -0.383 e. The molecule has 1 aliphatic carbocycles. The summed E-state index contributed by atoms with van der Waals surface area (Å²) in [5, 5.41) is 4.05. The van der Waals surface area contributed by atoms with Gasteiger partial charge in [0.25, 0.3) is 5.95 Å². The molecule has 0 fully saturated rings. The lowest BCUT2D eigenvalue weighted by Gasteiger charge is -2.20. The maximum absolute atomic E-state index is 13.2. The fraction of sp³-hybridized carbons (Fsp3) is 0.462. The number of alkyl halides is 3. The summed E-state index contributed by atoms with van der Waals surface area (Å²) in [5.74, 6) is 0.102. The quantitative estimate of drug-likeness (QED) is 0.877. The second kappa shape index (κ2) is 4.71. The molecule has 0 bridgehead atoms. The summed E-state index contributed by atoms with van der Waals surface area (Å²) in [5.41, 5.74) is 6.14. The molecule has 8 heteroatoms. The zero-order valence-electron chi connectivity index (χ0n) is 11.4. The first-order chi connectivity index (χ1) is 9.86. The molecule has 0 unspecified atom stereocenters. The van der Waals surface area contributed by atoms with Crippen LogP contribution in [0.25, 0.3) is 5.95 Å². The molecule has 5 nitrogen and oxygen atoms in total. The first-order valence-corrected chi connectivity index (χ1v) is 6.66. The first-order valence-electron chi connectivity index (χ1n) is 6.66. The molecular weight excluding hydrogens is 283 g/mol. The molecule has 0 saturated heterocycles. The van der Waals surface area contributed by atoms with Crippen molar-refractivity contribution < 1.29 is 13.2 Å². The van der Waals surface area contributed by atoms with Gasteiger partial charge in [-0.2, -0.15) is 23.0 Å². The molecule has 3 rings (SSSR count). The van der Waals surface area contributed by atoms with E-state index in [1.54, 1.807) is 13.0 Å². The van der Waals surface area contributed by atoms with E-state index in [0.717, 1.165) is 17.5 Å². The standard InChI is InChI=1S/C13H14F3N5/c1-7-6-10(17)21(20-7)12-18-9-5-3-2-4-8(9)11(19-12)13(14,15)16/h6H,2-5,17H2,1H3. The molecule has 0 spiro atoms. The Morgan fingerprint density at radius 2 is 1.90 bits per heavy atom. The van der Waals surface area contributed by atoms with Crippen LogP contribution in [0.3, 0.4) is 0 Å². The normalized spacial score (nSPS) is 15.0. The Morgan fingerprint density at radius 1 is 1.19 bits per heavy atom. The number of rotatable bonds is 1. The number of aromatic nitrogens is 4. The highest BCUT2D eigenvalue weighted by Gasteiger charge is 2.38. The molecule has 2 heterocycles. The lowest BCUT2D eigenvalue weighted by atomic mass is 9.94. The largest absolute Gasteiger partial charge is 0.433 e. The second-order valence-corrected chi connectivity index (χ2v) is 5.12. The third-order valence-corrected chi connectivity index (χ3v) is 3.49. The van der Waals surface area contributed by atoms with Gasteiger partial charge in [-0.15, -0.1) is 0 Å². The highest BCUT2D eigenvalue weighted by atomic mass is 19.4. The molecule has 0 saturated carbocycles. The summed E-state index contributed by atoms with van der Waals surface area (Å²) < 4.78 is 40.8. The van der Waals surface area contributed by atoms with Gasteiger partial charge in [0, 0.05) is 17.3 Å². The van der Waals surface area contributed by atoms with Gasteiger partial charge in [-0.3, -0.25) is 0 Å². The van der Waals surface area contributed by atoms with Gasteiger partial charge in [-0.1, -0.05) is 0 Å². The molecule has 21 heavy (non-hydrogen) atoms. The molecule has 0 aliphatic heterocycles. The van der Waals surface area contributed by atoms with Crippen molar-refractivity contribution in [3.63, 3.8) is 0 Å². The Labute approximate surface area is 119 Å². The molecule has 0 amide bonds. The van der Waals surface area contributed by atoms with Crippen LogP contribution in [0.2, 0.25) is 0 Å². The zero-order chi connectivity index (χ0) is 15.2. The number of hydrogen-bond acceptors (Lipinski definition) is 4. The summed E-state index contributed by atoms with van der Waals surface area (Å²) in [6.45, 7) is 1.70. The number of fused-ring (bicyclic) bond motifs is 1. The van der Waals surface area contributed by atoms with E-state index in [9.17, 15) is 13.2 Å². The maximum atomic E-state index is 13.2. The SMILES string of the molecule is Cc1cc(N)n(-c2nc3c(c(C(F)(F)F)n2)CCCC3)n1. The van der Waals surface area contributed by atoms with Crippen LogP contribution in [-0.2, 0) is 19.0 Å². The minimum atomic E-state index is -4.50. The number of anilines is 1. The zero-order valence-corrected chi connectivity index (χ0v) is 11.4. The number of hydrogen-bond donors (Lipinski definition) is 1. The molecule has 0 atom stereocenters. The third-order valence-electron chi connectivity index (χ3n) is 3.49. The first kappa shape index (κ1) is 13.8. The van der Waals surface area contributed by atoms with Crippen LogP contribution < -0.4 is 5.73 Å². The molecule has 2 aromatic rings. The van der Waals surface area contributed by atoms with Gasteiger partial charge in [0.15, 0.2) is 5.69 Å². The van der Waals surface area contributed by atoms with Crippen LogP contribution in [0.4, 0.5) is 19.0 Å². The van der Waals surface area contributed by atoms with Crippen molar-refractivity contribution in [1.29, 1.82) is 0 Å². The fourth-order valence-corrected chi connectivity index (χ4v) is 2.59. The lowest BCUT2D eigenvalue weighted by Crippen LogP contribution is -2.21. The molecule has 112 valence electrons. The highest BCUT2D eigenvalue weighted by molar-refractivity contribution is 5.39. The summed E-state index contributed by atoms with van der Waals surface area (Å²) in [6.07, 6.45) is -2.07. The van der Waals surface area contributed by atoms with E-state index in [-0.39, 0.29) is 17.3 Å². The molecule has 2 N–H and O–H groups in total. The monoisotopic (exact) mass is 297 g/mol. The Hall–Kier alpha value is -2.12. The Balaban J connectivity index is 2.21. The Morgan fingerprint density at radius 3 is 2.52 bits per heavy atom. The number of nitrogens with two attached hydrogens (primary N) is 1. The van der Waals surface area contributed by atoms with E-state index in [1.165, 1.54) is 0 Å². The van der Waals surface area contributed by atoms with Crippen LogP contribution in [0.5, 0.6) is 0 Å². The van der Waals surface area contributed by atoms with Crippen LogP contribution in [0.1, 0.15) is 35.5 Å². The molecule has 2 aromatic heterocycles. The van der Waals surface area contributed by atoms with Gasteiger partial charge in [-0.25, -0.2) is 9.97 Å². The van der Waals surface area contributed by atoms with Crippen LogP contribution in [0, 0.1) is 6.92 Å². The molecule has 1 aliphatic rings. The fourth-order valence-electron chi connectivity index (χ4n) is 2.59. The van der Waals surface area contributed by atoms with Gasteiger partial charge < -0.3 is 5.73 Å². The third kappa shape index (κ3) is 2.45. The summed E-state index contributed by atoms with van der Waals surface area (Å²) >= 11 is 0. The highest BCUT2D eigenvalue weighted by Crippen LogP contribution is 2.35. The van der Waals surface area contributed by atoms with Gasteiger partial charge in [0.05, 0.1) is 5.69 Å². The smallest absolute Gasteiger partial charge is 0.383 e. The van der Waals surface area contributed by atoms with Crippen LogP contribution in [0.15, 0.2) is 6.07 Å². The van der Waals surface area contributed by atoms with Crippen molar-refractivity contribution >= 4 is 5.82 Å². The van der Waals surface area contributed by atoms with E-state index in [1.807, 2.05) is 0 Å². The molecule has 0 radical (unpaired) electrons. The van der Waals surface area contributed by atoms with Crippen molar-refractivity contribution in [3.05, 3.63) is 28.7 Å². The van der Waals surface area contributed by atoms with E-state index in [2.05, 4.69) is 15.1 Å². The van der Waals surface area contributed by atoms with Gasteiger partial charge in [0.1, 0.15) is 5.82 Å². The van der Waals surface area contributed by atoms with Gasteiger partial charge in [-0.05, 0) is 32.6 Å². The van der Waals surface area contributed by atoms with Gasteiger partial charge >= 0.3 is 6.18 Å². The van der Waals surface area contributed by atoms with Gasteiger partial charge in [0.2, 0.25) is 0 Å². The van der Waals surface area contributed by atoms with E-state index < -0.39 is 11.9 Å². The van der Waals surface area contributed by atoms with E-state index in [4.69, 9.17) is 5.73 Å². The van der Waals surface area contributed by atoms with E-state index in [0.29, 0.717) is 24.2 Å². The Kier molecular flexibility index (Phi) is 3.11. The van der Waals surface area contributed by atoms with Crippen LogP contribution >= 0.6 is 0 Å². The molecular formula is C13H14F3N5. The van der Waals surface area contributed by atoms with Crippen molar-refractivity contribution in [3.8, 4) is 5.95 Å². The number of nitrogens with zero attached hydrogens (tertiary/aromatic N) is 4. The number of halogens is 3. The van der Waals surface area contributed by atoms with Crippen molar-refractivity contribution in [2.75, 3.05) is 5.73 Å². The maximum Gasteiger partial charge on any atom is 0.433 e. The summed E-state index contributed by atoms with van der Waals surface area (Å²) in [7, 11) is 0. The topological polar surface area (TPSA) is 69.6 Å². The minimum absolute atomic E-state index is 0.117.